The molecule has 29 heavy (non-hydrogen) atoms. The zero-order valence-corrected chi connectivity index (χ0v) is 16.2. The highest BCUT2D eigenvalue weighted by atomic mass is 32.2. The number of hydrogen-bond donors (Lipinski definition) is 1. The Morgan fingerprint density at radius 3 is 2.59 bits per heavy atom. The molecule has 0 saturated carbocycles. The van der Waals surface area contributed by atoms with Gasteiger partial charge >= 0.3 is 0 Å². The topological polar surface area (TPSA) is 101 Å². The zero-order valence-electron chi connectivity index (χ0n) is 15.4. The lowest BCUT2D eigenvalue weighted by Crippen LogP contribution is -2.17. The van der Waals surface area contributed by atoms with Gasteiger partial charge in [0.15, 0.2) is 10.9 Å². The summed E-state index contributed by atoms with van der Waals surface area (Å²) in [6.45, 7) is 0. The standard InChI is InChI=1S/C20H16FN5O2S/c1-26-18(10-19(28)23-16-5-3-2-4-15(16)21)24-25-20(26)29-12-17(27)14-8-6-13(11-22)7-9-14/h2-9H,10,12H2,1H3,(H,23,28). The first kappa shape index (κ1) is 20.2. The summed E-state index contributed by atoms with van der Waals surface area (Å²) in [6.07, 6.45) is -0.0814. The van der Waals surface area contributed by atoms with E-state index in [2.05, 4.69) is 15.5 Å². The number of carbonyl (C=O) groups excluding carboxylic acids is 2. The van der Waals surface area contributed by atoms with Crippen molar-refractivity contribution >= 4 is 29.1 Å². The molecular weight excluding hydrogens is 393 g/mol. The molecule has 9 heteroatoms. The van der Waals surface area contributed by atoms with Crippen LogP contribution in [0.1, 0.15) is 21.7 Å². The van der Waals surface area contributed by atoms with Crippen LogP contribution in [-0.2, 0) is 18.3 Å². The molecule has 0 saturated heterocycles. The molecular formula is C20H16FN5O2S. The Hall–Kier alpha value is -3.51. The molecule has 1 N–H and O–H groups in total. The van der Waals surface area contributed by atoms with Crippen LogP contribution in [-0.4, -0.2) is 32.2 Å². The number of anilines is 1. The maximum Gasteiger partial charge on any atom is 0.232 e. The van der Waals surface area contributed by atoms with E-state index < -0.39 is 11.7 Å². The Kier molecular flexibility index (Phi) is 6.36. The van der Waals surface area contributed by atoms with Crippen LogP contribution in [0, 0.1) is 17.1 Å². The maximum atomic E-state index is 13.6. The molecule has 0 unspecified atom stereocenters. The third kappa shape index (κ3) is 5.06. The molecule has 146 valence electrons. The largest absolute Gasteiger partial charge is 0.323 e. The maximum absolute atomic E-state index is 13.6. The molecule has 0 aliphatic heterocycles. The van der Waals surface area contributed by atoms with Crippen molar-refractivity contribution in [2.24, 2.45) is 7.05 Å². The van der Waals surface area contributed by atoms with Gasteiger partial charge in [-0.15, -0.1) is 10.2 Å². The number of benzene rings is 2. The Bertz CT molecular complexity index is 1090. The number of aromatic nitrogens is 3. The van der Waals surface area contributed by atoms with Gasteiger partial charge < -0.3 is 9.88 Å². The van der Waals surface area contributed by atoms with Crippen LogP contribution in [0.5, 0.6) is 0 Å². The molecule has 0 atom stereocenters. The lowest BCUT2D eigenvalue weighted by atomic mass is 10.1. The van der Waals surface area contributed by atoms with Gasteiger partial charge in [0.1, 0.15) is 11.6 Å². The predicted molar refractivity (Wildman–Crippen MR) is 106 cm³/mol. The minimum atomic E-state index is -0.517. The van der Waals surface area contributed by atoms with Crippen molar-refractivity contribution in [3.63, 3.8) is 0 Å². The second kappa shape index (κ2) is 9.12. The summed E-state index contributed by atoms with van der Waals surface area (Å²) in [5.41, 5.74) is 1.09. The third-order valence-corrected chi connectivity index (χ3v) is 5.08. The van der Waals surface area contributed by atoms with Gasteiger partial charge in [0.25, 0.3) is 0 Å². The number of Topliss-reactive ketones (excluding diaryl/α,β-unsaturated/α-hetero) is 1. The number of rotatable bonds is 7. The van der Waals surface area contributed by atoms with E-state index in [1.54, 1.807) is 41.9 Å². The fourth-order valence-electron chi connectivity index (χ4n) is 2.47. The molecule has 0 radical (unpaired) electrons. The molecule has 1 amide bonds. The first-order chi connectivity index (χ1) is 14.0. The minimum Gasteiger partial charge on any atom is -0.323 e. The van der Waals surface area contributed by atoms with Crippen molar-refractivity contribution in [2.75, 3.05) is 11.1 Å². The van der Waals surface area contributed by atoms with Crippen molar-refractivity contribution in [1.29, 1.82) is 5.26 Å². The summed E-state index contributed by atoms with van der Waals surface area (Å²) in [7, 11) is 1.69. The van der Waals surface area contributed by atoms with E-state index in [-0.39, 0.29) is 23.6 Å². The number of nitriles is 1. The molecule has 0 aliphatic carbocycles. The van der Waals surface area contributed by atoms with Crippen LogP contribution in [0.4, 0.5) is 10.1 Å². The Morgan fingerprint density at radius 1 is 1.17 bits per heavy atom. The normalized spacial score (nSPS) is 10.4. The number of nitrogens with one attached hydrogen (secondary N) is 1. The smallest absolute Gasteiger partial charge is 0.232 e. The molecule has 3 rings (SSSR count). The van der Waals surface area contributed by atoms with Crippen LogP contribution in [0.3, 0.4) is 0 Å². The van der Waals surface area contributed by atoms with E-state index in [0.29, 0.717) is 22.1 Å². The number of amides is 1. The molecule has 0 fully saturated rings. The summed E-state index contributed by atoms with van der Waals surface area (Å²) in [5, 5.41) is 19.8. The molecule has 7 nitrogen and oxygen atoms in total. The van der Waals surface area contributed by atoms with E-state index in [0.717, 1.165) is 0 Å². The number of nitrogens with zero attached hydrogens (tertiary/aromatic N) is 4. The van der Waals surface area contributed by atoms with E-state index in [4.69, 9.17) is 5.26 Å². The number of halogens is 1. The van der Waals surface area contributed by atoms with Gasteiger partial charge in [-0.2, -0.15) is 5.26 Å². The molecule has 0 aliphatic rings. The van der Waals surface area contributed by atoms with Gasteiger partial charge in [-0.25, -0.2) is 4.39 Å². The number of ketones is 1. The highest BCUT2D eigenvalue weighted by Gasteiger charge is 2.16. The van der Waals surface area contributed by atoms with Crippen molar-refractivity contribution in [3.8, 4) is 6.07 Å². The minimum absolute atomic E-state index is 0.0814. The fraction of sp³-hybridized carbons (Fsp3) is 0.150. The second-order valence-electron chi connectivity index (χ2n) is 6.06. The fourth-order valence-corrected chi connectivity index (χ4v) is 3.29. The van der Waals surface area contributed by atoms with Crippen LogP contribution in [0.15, 0.2) is 53.7 Å². The van der Waals surface area contributed by atoms with Gasteiger partial charge in [0.2, 0.25) is 5.91 Å². The first-order valence-electron chi connectivity index (χ1n) is 8.56. The molecule has 3 aromatic rings. The Labute approximate surface area is 170 Å². The van der Waals surface area contributed by atoms with E-state index in [1.807, 2.05) is 6.07 Å². The molecule has 0 bridgehead atoms. The van der Waals surface area contributed by atoms with Gasteiger partial charge in [-0.3, -0.25) is 9.59 Å². The van der Waals surface area contributed by atoms with Gasteiger partial charge in [0, 0.05) is 12.6 Å². The third-order valence-electron chi connectivity index (χ3n) is 4.06. The summed E-state index contributed by atoms with van der Waals surface area (Å²) in [4.78, 5) is 24.4. The quantitative estimate of drug-likeness (QED) is 0.476. The Morgan fingerprint density at radius 2 is 1.90 bits per heavy atom. The zero-order chi connectivity index (χ0) is 20.8. The van der Waals surface area contributed by atoms with E-state index >= 15 is 0 Å². The Balaban J connectivity index is 1.58. The summed E-state index contributed by atoms with van der Waals surface area (Å²) in [5.74, 6) is -0.514. The number of para-hydroxylation sites is 1. The van der Waals surface area contributed by atoms with Gasteiger partial charge in [0.05, 0.1) is 29.5 Å². The van der Waals surface area contributed by atoms with Crippen molar-refractivity contribution < 1.29 is 14.0 Å². The van der Waals surface area contributed by atoms with Gasteiger partial charge in [-0.1, -0.05) is 36.0 Å². The van der Waals surface area contributed by atoms with Crippen molar-refractivity contribution in [2.45, 2.75) is 11.6 Å². The molecule has 2 aromatic carbocycles. The van der Waals surface area contributed by atoms with Crippen LogP contribution in [0.2, 0.25) is 0 Å². The van der Waals surface area contributed by atoms with Crippen molar-refractivity contribution in [3.05, 3.63) is 71.3 Å². The van der Waals surface area contributed by atoms with Crippen LogP contribution in [0.25, 0.3) is 0 Å². The first-order valence-corrected chi connectivity index (χ1v) is 9.55. The average Bonchev–Trinajstić information content (AvgIpc) is 3.07. The SMILES string of the molecule is Cn1c(CC(=O)Nc2ccccc2F)nnc1SCC(=O)c1ccc(C#N)cc1. The van der Waals surface area contributed by atoms with Crippen LogP contribution < -0.4 is 5.32 Å². The highest BCUT2D eigenvalue weighted by Crippen LogP contribution is 2.19. The van der Waals surface area contributed by atoms with E-state index in [9.17, 15) is 14.0 Å². The second-order valence-corrected chi connectivity index (χ2v) is 7.01. The van der Waals surface area contributed by atoms with Crippen molar-refractivity contribution in [1.82, 2.24) is 14.8 Å². The number of thioether (sulfide) groups is 1. The lowest BCUT2D eigenvalue weighted by molar-refractivity contribution is -0.115. The lowest BCUT2D eigenvalue weighted by Gasteiger charge is -2.06. The number of carbonyl (C=O) groups is 2. The molecule has 1 heterocycles. The van der Waals surface area contributed by atoms with Crippen LogP contribution >= 0.6 is 11.8 Å². The molecule has 1 aromatic heterocycles. The summed E-state index contributed by atoms with van der Waals surface area (Å²) < 4.78 is 15.3. The number of hydrogen-bond acceptors (Lipinski definition) is 6. The molecule has 0 spiro atoms. The monoisotopic (exact) mass is 409 g/mol. The van der Waals surface area contributed by atoms with Gasteiger partial charge in [-0.05, 0) is 24.3 Å². The summed E-state index contributed by atoms with van der Waals surface area (Å²) >= 11 is 1.20. The average molecular weight is 409 g/mol. The van der Waals surface area contributed by atoms with E-state index in [1.165, 1.54) is 30.0 Å². The predicted octanol–water partition coefficient (Wildman–Crippen LogP) is 2.98. The highest BCUT2D eigenvalue weighted by molar-refractivity contribution is 7.99. The summed E-state index contributed by atoms with van der Waals surface area (Å²) in [6, 6.07) is 14.3.